The summed E-state index contributed by atoms with van der Waals surface area (Å²) in [7, 11) is 2.52. The summed E-state index contributed by atoms with van der Waals surface area (Å²) >= 11 is 0. The Bertz CT molecular complexity index is 918. The van der Waals surface area contributed by atoms with Gasteiger partial charge in [-0.05, 0) is 24.8 Å². The molecule has 0 aliphatic carbocycles. The van der Waals surface area contributed by atoms with E-state index in [9.17, 15) is 4.79 Å². The SMILES string of the molecule is CC/C(C)=C(/Cn1cc(NC(=O)c2cc3c(cc2OC)OCCO3)cn1)C(C)C.CO. The number of hydrogen-bond donors (Lipinski definition) is 2. The standard InChI is InChI=1S/C22H29N3O4.CH4O/c1-6-15(4)18(14(2)3)13-25-12-16(11-23-25)24-22(26)17-9-20-21(10-19(17)27-5)29-8-7-28-20;1-2/h9-12,14H,6-8,13H2,1-5H3,(H,24,26);2H,1H3/b18-15-;. The fourth-order valence-corrected chi connectivity index (χ4v) is 3.34. The highest BCUT2D eigenvalue weighted by Crippen LogP contribution is 2.37. The second-order valence-electron chi connectivity index (χ2n) is 7.39. The summed E-state index contributed by atoms with van der Waals surface area (Å²) in [6, 6.07) is 3.33. The molecular weight excluding hydrogens is 398 g/mol. The number of carbonyl (C=O) groups excluding carboxylic acids is 1. The Morgan fingerprint density at radius 3 is 2.48 bits per heavy atom. The number of fused-ring (bicyclic) bond motifs is 1. The van der Waals surface area contributed by atoms with E-state index in [0.717, 1.165) is 13.5 Å². The maximum Gasteiger partial charge on any atom is 0.259 e. The molecule has 2 heterocycles. The van der Waals surface area contributed by atoms with Gasteiger partial charge in [0.05, 0.1) is 31.1 Å². The van der Waals surface area contributed by atoms with Crippen LogP contribution in [0.4, 0.5) is 5.69 Å². The average molecular weight is 432 g/mol. The Hall–Kier alpha value is -3.00. The summed E-state index contributed by atoms with van der Waals surface area (Å²) in [5.74, 6) is 1.71. The first-order valence-electron chi connectivity index (χ1n) is 10.4. The van der Waals surface area contributed by atoms with Gasteiger partial charge in [0.25, 0.3) is 5.91 Å². The predicted molar refractivity (Wildman–Crippen MR) is 120 cm³/mol. The van der Waals surface area contributed by atoms with Crippen molar-refractivity contribution in [3.8, 4) is 17.2 Å². The quantitative estimate of drug-likeness (QED) is 0.646. The van der Waals surface area contributed by atoms with E-state index < -0.39 is 0 Å². The van der Waals surface area contributed by atoms with Crippen LogP contribution in [-0.4, -0.2) is 48.2 Å². The average Bonchev–Trinajstić information content (AvgIpc) is 3.23. The van der Waals surface area contributed by atoms with Gasteiger partial charge in [-0.25, -0.2) is 0 Å². The van der Waals surface area contributed by atoms with Crippen LogP contribution in [0.5, 0.6) is 17.2 Å². The van der Waals surface area contributed by atoms with Crippen LogP contribution < -0.4 is 19.5 Å². The maximum atomic E-state index is 12.8. The van der Waals surface area contributed by atoms with Gasteiger partial charge in [-0.15, -0.1) is 0 Å². The summed E-state index contributed by atoms with van der Waals surface area (Å²) in [5.41, 5.74) is 3.75. The lowest BCUT2D eigenvalue weighted by Crippen LogP contribution is -2.18. The van der Waals surface area contributed by atoms with E-state index in [2.05, 4.69) is 38.1 Å². The topological polar surface area (TPSA) is 94.8 Å². The van der Waals surface area contributed by atoms with E-state index in [1.54, 1.807) is 18.3 Å². The normalized spacial score (nSPS) is 13.2. The Labute approximate surface area is 183 Å². The molecule has 1 aliphatic heterocycles. The lowest BCUT2D eigenvalue weighted by Gasteiger charge is -2.20. The largest absolute Gasteiger partial charge is 0.496 e. The third-order valence-corrected chi connectivity index (χ3v) is 5.11. The van der Waals surface area contributed by atoms with Gasteiger partial charge in [-0.3, -0.25) is 9.48 Å². The van der Waals surface area contributed by atoms with Gasteiger partial charge in [0.2, 0.25) is 0 Å². The van der Waals surface area contributed by atoms with Crippen molar-refractivity contribution in [1.82, 2.24) is 9.78 Å². The first kappa shape index (κ1) is 24.3. The molecule has 0 bridgehead atoms. The molecule has 31 heavy (non-hydrogen) atoms. The molecular formula is C23H33N3O5. The van der Waals surface area contributed by atoms with Crippen LogP contribution in [0.15, 0.2) is 35.7 Å². The zero-order valence-electron chi connectivity index (χ0n) is 19.2. The number of carbonyl (C=O) groups is 1. The van der Waals surface area contributed by atoms with Gasteiger partial charge in [0.1, 0.15) is 19.0 Å². The van der Waals surface area contributed by atoms with Crippen LogP contribution in [0.25, 0.3) is 0 Å². The smallest absolute Gasteiger partial charge is 0.259 e. The maximum absolute atomic E-state index is 12.8. The fraction of sp³-hybridized carbons (Fsp3) is 0.478. The predicted octanol–water partition coefficient (Wildman–Crippen LogP) is 3.91. The highest BCUT2D eigenvalue weighted by molar-refractivity contribution is 6.06. The molecule has 2 N–H and O–H groups in total. The molecule has 1 aromatic heterocycles. The number of ether oxygens (including phenoxy) is 3. The first-order chi connectivity index (χ1) is 14.9. The van der Waals surface area contributed by atoms with Crippen molar-refractivity contribution in [1.29, 1.82) is 0 Å². The molecule has 0 unspecified atom stereocenters. The van der Waals surface area contributed by atoms with Gasteiger partial charge in [0, 0.05) is 25.4 Å². The highest BCUT2D eigenvalue weighted by Gasteiger charge is 2.21. The molecule has 0 radical (unpaired) electrons. The zero-order chi connectivity index (χ0) is 23.0. The van der Waals surface area contributed by atoms with E-state index >= 15 is 0 Å². The number of aromatic nitrogens is 2. The number of benzene rings is 1. The van der Waals surface area contributed by atoms with Crippen LogP contribution in [0.2, 0.25) is 0 Å². The van der Waals surface area contributed by atoms with Crippen molar-refractivity contribution in [3.63, 3.8) is 0 Å². The molecule has 8 heteroatoms. The summed E-state index contributed by atoms with van der Waals surface area (Å²) in [5, 5.41) is 14.3. The lowest BCUT2D eigenvalue weighted by molar-refractivity contribution is 0.102. The molecule has 8 nitrogen and oxygen atoms in total. The minimum absolute atomic E-state index is 0.289. The van der Waals surface area contributed by atoms with E-state index in [4.69, 9.17) is 19.3 Å². The van der Waals surface area contributed by atoms with Crippen LogP contribution in [-0.2, 0) is 6.54 Å². The van der Waals surface area contributed by atoms with E-state index in [1.807, 2.05) is 10.9 Å². The van der Waals surface area contributed by atoms with Crippen molar-refractivity contribution >= 4 is 11.6 Å². The van der Waals surface area contributed by atoms with Crippen LogP contribution in [0.3, 0.4) is 0 Å². The number of rotatable bonds is 7. The molecule has 1 aromatic carbocycles. The Morgan fingerprint density at radius 1 is 1.26 bits per heavy atom. The van der Waals surface area contributed by atoms with Crippen LogP contribution in [0, 0.1) is 5.92 Å². The third-order valence-electron chi connectivity index (χ3n) is 5.11. The van der Waals surface area contributed by atoms with E-state index in [0.29, 0.717) is 54.2 Å². The summed E-state index contributed by atoms with van der Waals surface area (Å²) < 4.78 is 18.4. The van der Waals surface area contributed by atoms with Crippen molar-refractivity contribution in [2.24, 2.45) is 5.92 Å². The number of nitrogens with one attached hydrogen (secondary N) is 1. The molecule has 3 rings (SSSR count). The molecule has 0 saturated carbocycles. The van der Waals surface area contributed by atoms with E-state index in [1.165, 1.54) is 18.3 Å². The molecule has 1 aliphatic rings. The van der Waals surface area contributed by atoms with Gasteiger partial charge >= 0.3 is 0 Å². The van der Waals surface area contributed by atoms with E-state index in [-0.39, 0.29) is 5.91 Å². The van der Waals surface area contributed by atoms with Gasteiger partial charge in [-0.1, -0.05) is 26.3 Å². The lowest BCUT2D eigenvalue weighted by atomic mass is 9.96. The van der Waals surface area contributed by atoms with Crippen LogP contribution in [0.1, 0.15) is 44.5 Å². The van der Waals surface area contributed by atoms with Crippen molar-refractivity contribution in [3.05, 3.63) is 41.2 Å². The highest BCUT2D eigenvalue weighted by atomic mass is 16.6. The molecule has 170 valence electrons. The Balaban J connectivity index is 0.00000166. The molecule has 0 saturated heterocycles. The molecule has 2 aromatic rings. The molecule has 0 atom stereocenters. The number of methoxy groups -OCH3 is 1. The summed E-state index contributed by atoms with van der Waals surface area (Å²) in [4.78, 5) is 12.8. The van der Waals surface area contributed by atoms with Gasteiger partial charge in [-0.2, -0.15) is 5.10 Å². The third kappa shape index (κ3) is 6.01. The van der Waals surface area contributed by atoms with Gasteiger partial charge < -0.3 is 24.6 Å². The Morgan fingerprint density at radius 2 is 1.90 bits per heavy atom. The van der Waals surface area contributed by atoms with Crippen molar-refractivity contribution in [2.75, 3.05) is 32.8 Å². The number of aliphatic hydroxyl groups excluding tert-OH is 1. The summed E-state index contributed by atoms with van der Waals surface area (Å²) in [6.45, 7) is 10.3. The summed E-state index contributed by atoms with van der Waals surface area (Å²) in [6.07, 6.45) is 4.51. The number of hydrogen-bond acceptors (Lipinski definition) is 6. The Kier molecular flexibility index (Phi) is 8.93. The molecule has 0 spiro atoms. The second-order valence-corrected chi connectivity index (χ2v) is 7.39. The number of allylic oxidation sites excluding steroid dienone is 2. The fourth-order valence-electron chi connectivity index (χ4n) is 3.34. The van der Waals surface area contributed by atoms with Crippen molar-refractivity contribution < 1.29 is 24.1 Å². The minimum atomic E-state index is -0.289. The minimum Gasteiger partial charge on any atom is -0.496 e. The number of anilines is 1. The number of nitrogens with zero attached hydrogens (tertiary/aromatic N) is 2. The van der Waals surface area contributed by atoms with Crippen LogP contribution >= 0.6 is 0 Å². The monoisotopic (exact) mass is 431 g/mol. The molecule has 0 fully saturated rings. The van der Waals surface area contributed by atoms with Crippen molar-refractivity contribution in [2.45, 2.75) is 40.7 Å². The number of amides is 1. The van der Waals surface area contributed by atoms with Gasteiger partial charge in [0.15, 0.2) is 11.5 Å². The number of aliphatic hydroxyl groups is 1. The second kappa shape index (κ2) is 11.4. The zero-order valence-corrected chi connectivity index (χ0v) is 19.2. The first-order valence-corrected chi connectivity index (χ1v) is 10.4. The molecule has 1 amide bonds.